The molecule has 1 aliphatic rings. The van der Waals surface area contributed by atoms with E-state index in [9.17, 15) is 14.7 Å². The van der Waals surface area contributed by atoms with Gasteiger partial charge in [0.1, 0.15) is 28.9 Å². The van der Waals surface area contributed by atoms with Crippen LogP contribution in [0.1, 0.15) is 40.2 Å². The Bertz CT molecular complexity index is 1620. The van der Waals surface area contributed by atoms with Gasteiger partial charge in [0.25, 0.3) is 11.8 Å². The number of Topliss-reactive ketones (excluding diaryl/α,β-unsaturated/α-hetero) is 1. The molecule has 42 heavy (non-hydrogen) atoms. The second-order valence-electron chi connectivity index (χ2n) is 9.30. The van der Waals surface area contributed by atoms with E-state index < -0.39 is 23.7 Å². The smallest absolute Gasteiger partial charge is 0.301 e. The molecule has 0 bridgehead atoms. The number of ketones is 1. The Balaban J connectivity index is 0.000000952. The van der Waals surface area contributed by atoms with Gasteiger partial charge in [-0.15, -0.1) is 10.2 Å². The monoisotopic (exact) mass is 587 g/mol. The Kier molecular flexibility index (Phi) is 9.33. The molecule has 3 aromatic carbocycles. The average Bonchev–Trinajstić information content (AvgIpc) is 3.52. The predicted molar refractivity (Wildman–Crippen MR) is 158 cm³/mol. The molecule has 1 atom stereocenters. The lowest BCUT2D eigenvalue weighted by molar-refractivity contribution is -0.134. The number of nitrogens with zero attached hydrogens (tertiary/aromatic N) is 3. The van der Waals surface area contributed by atoms with E-state index in [2.05, 4.69) is 10.2 Å². The van der Waals surface area contributed by atoms with Crippen molar-refractivity contribution < 1.29 is 34.1 Å². The molecule has 10 nitrogen and oxygen atoms in total. The fraction of sp³-hybridized carbons (Fsp3) is 0.194. The number of hydrogen-bond acceptors (Lipinski definition) is 9. The van der Waals surface area contributed by atoms with Gasteiger partial charge in [0.05, 0.1) is 18.7 Å². The number of anilines is 1. The number of aliphatic hydroxyl groups excluding tert-OH is 1. The number of aryl methyl sites for hydroxylation is 2. The Labute approximate surface area is 246 Å². The first-order chi connectivity index (χ1) is 20.1. The number of amides is 1. The number of carboxylic acid groups (broad SMARTS) is 1. The number of aliphatic hydroxyl groups is 1. The van der Waals surface area contributed by atoms with E-state index in [0.29, 0.717) is 34.2 Å². The number of aliphatic carboxylic acids is 1. The summed E-state index contributed by atoms with van der Waals surface area (Å²) in [5, 5.41) is 27.8. The fourth-order valence-electron chi connectivity index (χ4n) is 4.31. The molecular weight excluding hydrogens is 558 g/mol. The SMILES string of the molecule is CC(=O)O.COc1ccc(C2/C(=C(\O)c3ccc(OCc4ccccc4C)cc3)C(=O)C(=O)N2c2nnc(C)s2)cc1. The molecule has 1 unspecified atom stereocenters. The summed E-state index contributed by atoms with van der Waals surface area (Å²) in [6.45, 7) is 5.28. The lowest BCUT2D eigenvalue weighted by Crippen LogP contribution is -2.29. The number of benzene rings is 3. The Morgan fingerprint density at radius 3 is 2.12 bits per heavy atom. The van der Waals surface area contributed by atoms with E-state index in [1.165, 1.54) is 16.2 Å². The van der Waals surface area contributed by atoms with Crippen molar-refractivity contribution in [2.45, 2.75) is 33.4 Å². The largest absolute Gasteiger partial charge is 0.507 e. The molecule has 1 fully saturated rings. The normalized spacial score (nSPS) is 15.6. The van der Waals surface area contributed by atoms with Crippen molar-refractivity contribution in [1.82, 2.24) is 10.2 Å². The molecule has 1 saturated heterocycles. The molecule has 0 spiro atoms. The van der Waals surface area contributed by atoms with Crippen LogP contribution in [0.15, 0.2) is 78.4 Å². The number of hydrogen-bond donors (Lipinski definition) is 2. The summed E-state index contributed by atoms with van der Waals surface area (Å²) in [5.74, 6) is -1.45. The minimum Gasteiger partial charge on any atom is -0.507 e. The second-order valence-corrected chi connectivity index (χ2v) is 10.5. The lowest BCUT2D eigenvalue weighted by atomic mass is 9.95. The van der Waals surface area contributed by atoms with Crippen molar-refractivity contribution in [3.05, 3.63) is 106 Å². The molecule has 1 aliphatic heterocycles. The fourth-order valence-corrected chi connectivity index (χ4v) is 5.03. The van der Waals surface area contributed by atoms with E-state index in [4.69, 9.17) is 19.4 Å². The van der Waals surface area contributed by atoms with Gasteiger partial charge in [0.2, 0.25) is 5.13 Å². The van der Waals surface area contributed by atoms with Crippen LogP contribution in [-0.2, 0) is 21.0 Å². The molecule has 5 rings (SSSR count). The zero-order chi connectivity index (χ0) is 30.4. The third-order valence-electron chi connectivity index (χ3n) is 6.38. The summed E-state index contributed by atoms with van der Waals surface area (Å²) in [7, 11) is 1.56. The molecule has 4 aromatic rings. The number of methoxy groups -OCH3 is 1. The molecule has 0 radical (unpaired) electrons. The highest BCUT2D eigenvalue weighted by molar-refractivity contribution is 7.15. The third kappa shape index (κ3) is 6.64. The number of aromatic nitrogens is 2. The zero-order valence-corrected chi connectivity index (χ0v) is 24.2. The summed E-state index contributed by atoms with van der Waals surface area (Å²) in [6.07, 6.45) is 0. The van der Waals surface area contributed by atoms with Gasteiger partial charge in [-0.05, 0) is 66.9 Å². The van der Waals surface area contributed by atoms with Gasteiger partial charge in [-0.25, -0.2) is 0 Å². The minimum absolute atomic E-state index is 0.0263. The van der Waals surface area contributed by atoms with Crippen molar-refractivity contribution in [2.24, 2.45) is 0 Å². The number of rotatable bonds is 7. The predicted octanol–water partition coefficient (Wildman–Crippen LogP) is 5.46. The Morgan fingerprint density at radius 2 is 1.55 bits per heavy atom. The molecule has 2 heterocycles. The highest BCUT2D eigenvalue weighted by atomic mass is 32.1. The quantitative estimate of drug-likeness (QED) is 0.164. The van der Waals surface area contributed by atoms with Crippen molar-refractivity contribution in [3.63, 3.8) is 0 Å². The van der Waals surface area contributed by atoms with Crippen LogP contribution in [0.4, 0.5) is 5.13 Å². The van der Waals surface area contributed by atoms with Crippen LogP contribution in [0.5, 0.6) is 11.5 Å². The maximum Gasteiger partial charge on any atom is 0.301 e. The molecule has 216 valence electrons. The zero-order valence-electron chi connectivity index (χ0n) is 23.4. The Hall–Kier alpha value is -5.03. The summed E-state index contributed by atoms with van der Waals surface area (Å²) in [6, 6.07) is 20.8. The van der Waals surface area contributed by atoms with Crippen molar-refractivity contribution >= 4 is 39.9 Å². The molecule has 1 amide bonds. The summed E-state index contributed by atoms with van der Waals surface area (Å²) in [5.41, 5.74) is 3.19. The van der Waals surface area contributed by atoms with Crippen molar-refractivity contribution in [3.8, 4) is 11.5 Å². The van der Waals surface area contributed by atoms with Crippen molar-refractivity contribution in [2.75, 3.05) is 12.0 Å². The molecule has 11 heteroatoms. The molecule has 2 N–H and O–H groups in total. The number of carbonyl (C=O) groups is 3. The van der Waals surface area contributed by atoms with E-state index in [-0.39, 0.29) is 16.5 Å². The first kappa shape index (κ1) is 29.9. The highest BCUT2D eigenvalue weighted by Crippen LogP contribution is 2.43. The second kappa shape index (κ2) is 13.1. The van der Waals surface area contributed by atoms with Gasteiger partial charge in [-0.1, -0.05) is 47.7 Å². The van der Waals surface area contributed by atoms with Crippen LogP contribution in [0, 0.1) is 13.8 Å². The van der Waals surface area contributed by atoms with E-state index >= 15 is 0 Å². The number of carbonyl (C=O) groups excluding carboxylic acids is 2. The van der Waals surface area contributed by atoms with Crippen LogP contribution in [0.3, 0.4) is 0 Å². The van der Waals surface area contributed by atoms with Gasteiger partial charge in [-0.3, -0.25) is 19.3 Å². The number of ether oxygens (including phenoxy) is 2. The van der Waals surface area contributed by atoms with Crippen LogP contribution < -0.4 is 14.4 Å². The average molecular weight is 588 g/mol. The highest BCUT2D eigenvalue weighted by Gasteiger charge is 2.48. The van der Waals surface area contributed by atoms with Crippen LogP contribution >= 0.6 is 11.3 Å². The van der Waals surface area contributed by atoms with Crippen LogP contribution in [0.25, 0.3) is 5.76 Å². The van der Waals surface area contributed by atoms with E-state index in [1.54, 1.807) is 62.6 Å². The number of carboxylic acids is 1. The first-order valence-electron chi connectivity index (χ1n) is 12.8. The van der Waals surface area contributed by atoms with Gasteiger partial charge in [-0.2, -0.15) is 0 Å². The molecule has 1 aromatic heterocycles. The Morgan fingerprint density at radius 1 is 0.929 bits per heavy atom. The van der Waals surface area contributed by atoms with Gasteiger partial charge >= 0.3 is 5.91 Å². The molecular formula is C31H29N3O7S. The molecule has 0 saturated carbocycles. The maximum absolute atomic E-state index is 13.3. The van der Waals surface area contributed by atoms with Crippen LogP contribution in [-0.4, -0.2) is 45.2 Å². The third-order valence-corrected chi connectivity index (χ3v) is 7.22. The topological polar surface area (TPSA) is 139 Å². The minimum atomic E-state index is -0.884. The van der Waals surface area contributed by atoms with Gasteiger partial charge in [0, 0.05) is 12.5 Å². The summed E-state index contributed by atoms with van der Waals surface area (Å²) >= 11 is 1.20. The summed E-state index contributed by atoms with van der Waals surface area (Å²) in [4.78, 5) is 36.8. The van der Waals surface area contributed by atoms with Crippen molar-refractivity contribution in [1.29, 1.82) is 0 Å². The first-order valence-corrected chi connectivity index (χ1v) is 13.6. The molecule has 0 aliphatic carbocycles. The van der Waals surface area contributed by atoms with E-state index in [1.807, 2.05) is 31.2 Å². The standard InChI is InChI=1S/C29H25N3O5S.C2H4O2/c1-17-6-4-5-7-21(17)16-37-23-14-10-20(11-15-23)26(33)24-25(19-8-12-22(36-3)13-9-19)32(28(35)27(24)34)29-31-30-18(2)38-29;1-2(3)4/h4-15,25,33H,16H2,1-3H3;1H3,(H,3,4)/b26-24+;. The lowest BCUT2D eigenvalue weighted by Gasteiger charge is -2.22. The van der Waals surface area contributed by atoms with Gasteiger partial charge < -0.3 is 19.7 Å². The summed E-state index contributed by atoms with van der Waals surface area (Å²) < 4.78 is 11.2. The van der Waals surface area contributed by atoms with E-state index in [0.717, 1.165) is 18.1 Å². The van der Waals surface area contributed by atoms with Crippen LogP contribution in [0.2, 0.25) is 0 Å². The van der Waals surface area contributed by atoms with Gasteiger partial charge in [0.15, 0.2) is 0 Å². The maximum atomic E-state index is 13.3.